The molecule has 0 radical (unpaired) electrons. The predicted molar refractivity (Wildman–Crippen MR) is 347 cm³/mol. The van der Waals surface area contributed by atoms with Crippen molar-refractivity contribution in [1.82, 2.24) is 5.32 Å². The monoisotopic (exact) mass is 1110 g/mol. The molecular weight excluding hydrogens is 971 g/mol. The van der Waals surface area contributed by atoms with Gasteiger partial charge < -0.3 is 20.3 Å². The quantitative estimate of drug-likeness (QED) is 0.0320. The second-order valence-electron chi connectivity index (χ2n) is 24.9. The molecule has 0 fully saturated rings. The lowest BCUT2D eigenvalue weighted by molar-refractivity contribution is -0.143. The van der Waals surface area contributed by atoms with Crippen LogP contribution < -0.4 is 5.32 Å². The average Bonchev–Trinajstić information content (AvgIpc) is 3.45. The maximum absolute atomic E-state index is 12.6. The number of carbonyl (C=O) groups excluding carboxylic acids is 2. The molecule has 2 unspecified atom stereocenters. The molecule has 0 rings (SSSR count). The number of rotatable bonds is 68. The summed E-state index contributed by atoms with van der Waals surface area (Å²) in [6.45, 7) is 4.98. The van der Waals surface area contributed by atoms with Crippen LogP contribution in [0.1, 0.15) is 406 Å². The summed E-state index contributed by atoms with van der Waals surface area (Å²) in [5, 5.41) is 23.4. The summed E-state index contributed by atoms with van der Waals surface area (Å²) in [5.41, 5.74) is 0. The Morgan fingerprint density at radius 2 is 0.595 bits per heavy atom. The molecule has 2 atom stereocenters. The van der Waals surface area contributed by atoms with Crippen LogP contribution in [0.15, 0.2) is 24.3 Å². The van der Waals surface area contributed by atoms with Crippen molar-refractivity contribution in [1.29, 1.82) is 0 Å². The van der Waals surface area contributed by atoms with Crippen molar-refractivity contribution in [2.24, 2.45) is 0 Å². The van der Waals surface area contributed by atoms with Gasteiger partial charge in [-0.05, 0) is 77.0 Å². The van der Waals surface area contributed by atoms with Crippen LogP contribution in [0.2, 0.25) is 0 Å². The van der Waals surface area contributed by atoms with Crippen molar-refractivity contribution in [3.05, 3.63) is 24.3 Å². The predicted octanol–water partition coefficient (Wildman–Crippen LogP) is 23.3. The Morgan fingerprint density at radius 1 is 0.342 bits per heavy atom. The zero-order valence-corrected chi connectivity index (χ0v) is 53.6. The summed E-state index contributed by atoms with van der Waals surface area (Å²) < 4.78 is 5.49. The highest BCUT2D eigenvalue weighted by molar-refractivity contribution is 5.76. The normalized spacial score (nSPS) is 12.6. The van der Waals surface area contributed by atoms with Gasteiger partial charge in [0.25, 0.3) is 0 Å². The van der Waals surface area contributed by atoms with E-state index in [0.29, 0.717) is 25.9 Å². The Kier molecular flexibility index (Phi) is 67.4. The van der Waals surface area contributed by atoms with Crippen molar-refractivity contribution < 1.29 is 24.5 Å². The molecule has 0 aromatic carbocycles. The van der Waals surface area contributed by atoms with E-state index >= 15 is 0 Å². The third kappa shape index (κ3) is 65.4. The number of amides is 1. The topological polar surface area (TPSA) is 95.9 Å². The number of aliphatic hydroxyl groups excluding tert-OH is 2. The number of allylic oxidation sites excluding steroid dienone is 4. The first-order valence-electron chi connectivity index (χ1n) is 36.1. The van der Waals surface area contributed by atoms with Crippen LogP contribution in [-0.4, -0.2) is 47.4 Å². The van der Waals surface area contributed by atoms with Crippen molar-refractivity contribution >= 4 is 11.9 Å². The number of esters is 1. The lowest BCUT2D eigenvalue weighted by Crippen LogP contribution is -2.45. The second kappa shape index (κ2) is 68.8. The number of unbranched alkanes of at least 4 members (excludes halogenated alkanes) is 53. The van der Waals surface area contributed by atoms with Crippen molar-refractivity contribution in [3.63, 3.8) is 0 Å². The molecule has 79 heavy (non-hydrogen) atoms. The number of aliphatic hydroxyl groups is 2. The van der Waals surface area contributed by atoms with Crippen LogP contribution in [0.5, 0.6) is 0 Å². The van der Waals surface area contributed by atoms with Gasteiger partial charge in [0.1, 0.15) is 0 Å². The fourth-order valence-corrected chi connectivity index (χ4v) is 11.5. The van der Waals surface area contributed by atoms with Crippen LogP contribution in [-0.2, 0) is 14.3 Å². The van der Waals surface area contributed by atoms with Gasteiger partial charge in [-0.1, -0.05) is 340 Å². The third-order valence-corrected chi connectivity index (χ3v) is 17.0. The Balaban J connectivity index is 3.40. The Labute approximate surface area is 494 Å². The summed E-state index contributed by atoms with van der Waals surface area (Å²) in [5.74, 6) is -0.0271. The van der Waals surface area contributed by atoms with Crippen molar-refractivity contribution in [2.75, 3.05) is 13.2 Å². The molecule has 0 spiro atoms. The molecule has 6 nitrogen and oxygen atoms in total. The minimum absolute atomic E-state index is 0.00646. The smallest absolute Gasteiger partial charge is 0.305 e. The molecule has 0 aliphatic carbocycles. The Morgan fingerprint density at radius 3 is 0.899 bits per heavy atom. The van der Waals surface area contributed by atoms with Crippen molar-refractivity contribution in [3.8, 4) is 0 Å². The van der Waals surface area contributed by atoms with Crippen LogP contribution >= 0.6 is 0 Å². The van der Waals surface area contributed by atoms with E-state index in [4.69, 9.17) is 4.74 Å². The highest BCUT2D eigenvalue weighted by Crippen LogP contribution is 2.19. The molecular formula is C73H141NO5. The molecule has 0 saturated carbocycles. The van der Waals surface area contributed by atoms with Gasteiger partial charge in [0, 0.05) is 12.8 Å². The van der Waals surface area contributed by atoms with Gasteiger partial charge in [-0.3, -0.25) is 9.59 Å². The molecule has 468 valence electrons. The molecule has 0 bridgehead atoms. The van der Waals surface area contributed by atoms with Gasteiger partial charge in [-0.25, -0.2) is 0 Å². The summed E-state index contributed by atoms with van der Waals surface area (Å²) in [6.07, 6.45) is 86.5. The fraction of sp³-hybridized carbons (Fsp3) is 0.918. The minimum atomic E-state index is -0.667. The first-order chi connectivity index (χ1) is 39.0. The number of hydrogen-bond donors (Lipinski definition) is 3. The number of nitrogens with one attached hydrogen (secondary N) is 1. The van der Waals surface area contributed by atoms with E-state index in [-0.39, 0.29) is 18.5 Å². The van der Waals surface area contributed by atoms with Gasteiger partial charge in [0.05, 0.1) is 25.4 Å². The number of ether oxygens (including phenoxy) is 1. The number of carbonyl (C=O) groups is 2. The van der Waals surface area contributed by atoms with E-state index in [0.717, 1.165) is 44.9 Å². The second-order valence-corrected chi connectivity index (χ2v) is 24.9. The van der Waals surface area contributed by atoms with Gasteiger partial charge in [-0.2, -0.15) is 0 Å². The van der Waals surface area contributed by atoms with E-state index in [2.05, 4.69) is 43.5 Å². The first-order valence-corrected chi connectivity index (χ1v) is 36.1. The van der Waals surface area contributed by atoms with Gasteiger partial charge in [0.2, 0.25) is 5.91 Å². The van der Waals surface area contributed by atoms with Crippen LogP contribution in [0, 0.1) is 0 Å². The third-order valence-electron chi connectivity index (χ3n) is 17.0. The molecule has 0 aliphatic heterocycles. The molecule has 0 heterocycles. The van der Waals surface area contributed by atoms with E-state index in [1.165, 1.54) is 327 Å². The first kappa shape index (κ1) is 77.3. The van der Waals surface area contributed by atoms with Crippen LogP contribution in [0.4, 0.5) is 0 Å². The molecule has 0 aromatic heterocycles. The highest BCUT2D eigenvalue weighted by atomic mass is 16.5. The Hall–Kier alpha value is -1.66. The maximum Gasteiger partial charge on any atom is 0.305 e. The largest absolute Gasteiger partial charge is 0.466 e. The molecule has 6 heteroatoms. The Bertz CT molecular complexity index is 1230. The fourth-order valence-electron chi connectivity index (χ4n) is 11.5. The number of hydrogen-bond acceptors (Lipinski definition) is 5. The molecule has 0 aliphatic rings. The van der Waals surface area contributed by atoms with E-state index in [1.807, 2.05) is 0 Å². The lowest BCUT2D eigenvalue weighted by atomic mass is 10.0. The van der Waals surface area contributed by atoms with E-state index in [1.54, 1.807) is 0 Å². The van der Waals surface area contributed by atoms with Gasteiger partial charge >= 0.3 is 5.97 Å². The highest BCUT2D eigenvalue weighted by Gasteiger charge is 2.20. The van der Waals surface area contributed by atoms with Crippen LogP contribution in [0.3, 0.4) is 0 Å². The lowest BCUT2D eigenvalue weighted by Gasteiger charge is -2.22. The minimum Gasteiger partial charge on any atom is -0.466 e. The molecule has 0 saturated heterocycles. The van der Waals surface area contributed by atoms with Gasteiger partial charge in [-0.15, -0.1) is 0 Å². The average molecular weight is 1110 g/mol. The maximum atomic E-state index is 12.6. The summed E-state index contributed by atoms with van der Waals surface area (Å²) in [6, 6.07) is -0.545. The van der Waals surface area contributed by atoms with E-state index in [9.17, 15) is 19.8 Å². The van der Waals surface area contributed by atoms with E-state index < -0.39 is 12.1 Å². The molecule has 1 amide bonds. The van der Waals surface area contributed by atoms with Crippen molar-refractivity contribution in [2.45, 2.75) is 418 Å². The zero-order valence-electron chi connectivity index (χ0n) is 53.6. The summed E-state index contributed by atoms with van der Waals surface area (Å²) >= 11 is 0. The summed E-state index contributed by atoms with van der Waals surface area (Å²) in [7, 11) is 0. The standard InChI is InChI=1S/C73H141NO5/c1-3-5-7-9-11-13-15-17-19-20-21-22-28-31-34-38-41-45-49-53-57-61-65-71(76)70(69-75)74-72(77)66-62-58-54-50-46-42-39-35-32-29-26-24-23-25-27-30-33-36-40-44-48-52-56-60-64-68-79-73(78)67-63-59-55-51-47-43-37-18-16-14-12-10-8-6-4-2/h18,24,26,37,70-71,75-76H,3-17,19-23,25,27-36,38-69H2,1-2H3,(H,74,77)/b26-24-,37-18-. The molecule has 3 N–H and O–H groups in total. The molecule has 0 aromatic rings. The SMILES string of the molecule is CCCCCCCC/C=C\CCCCCCCC(=O)OCCCCCCCCCCCCCC/C=C\CCCCCCCCCCCC(=O)NC(CO)C(O)CCCCCCCCCCCCCCCCCCCCCCCC. The van der Waals surface area contributed by atoms with Crippen LogP contribution in [0.25, 0.3) is 0 Å². The summed E-state index contributed by atoms with van der Waals surface area (Å²) in [4.78, 5) is 24.6. The van der Waals surface area contributed by atoms with Gasteiger partial charge in [0.15, 0.2) is 0 Å². The zero-order chi connectivity index (χ0) is 57.1.